The number of aromatic nitrogens is 1. The van der Waals surface area contributed by atoms with Gasteiger partial charge in [0, 0.05) is 21.3 Å². The van der Waals surface area contributed by atoms with Crippen LogP contribution < -0.4 is 5.73 Å². The molecule has 0 atom stereocenters. The van der Waals surface area contributed by atoms with E-state index in [2.05, 4.69) is 20.9 Å². The maximum Gasteiger partial charge on any atom is 0.124 e. The molecule has 3 nitrogen and oxygen atoms in total. The van der Waals surface area contributed by atoms with Gasteiger partial charge in [-0.2, -0.15) is 0 Å². The number of pyridine rings is 1. The van der Waals surface area contributed by atoms with Gasteiger partial charge in [0.15, 0.2) is 0 Å². The van der Waals surface area contributed by atoms with Crippen molar-refractivity contribution < 1.29 is 5.11 Å². The molecule has 0 spiro atoms. The summed E-state index contributed by atoms with van der Waals surface area (Å²) in [7, 11) is 0. The molecule has 1 aromatic rings. The van der Waals surface area contributed by atoms with Gasteiger partial charge in [0.1, 0.15) is 5.82 Å². The van der Waals surface area contributed by atoms with Crippen LogP contribution in [0, 0.1) is 0 Å². The number of hydrogen-bond donors (Lipinski definition) is 2. The summed E-state index contributed by atoms with van der Waals surface area (Å²) in [6.07, 6.45) is 1.66. The molecule has 0 aliphatic rings. The Bertz CT molecular complexity index is 270. The molecular weight excluding hydrogens is 240 g/mol. The molecule has 0 aliphatic heterocycles. The first-order valence-corrected chi connectivity index (χ1v) is 5.16. The molecular formula is C7H9BrN2OS. The van der Waals surface area contributed by atoms with Crippen LogP contribution in [0.5, 0.6) is 0 Å². The third kappa shape index (κ3) is 2.66. The first-order chi connectivity index (χ1) is 5.74. The van der Waals surface area contributed by atoms with Crippen molar-refractivity contribution in [3.8, 4) is 0 Å². The van der Waals surface area contributed by atoms with Crippen molar-refractivity contribution in [3.63, 3.8) is 0 Å². The van der Waals surface area contributed by atoms with E-state index >= 15 is 0 Å². The van der Waals surface area contributed by atoms with E-state index in [9.17, 15) is 0 Å². The van der Waals surface area contributed by atoms with E-state index in [1.54, 1.807) is 24.0 Å². The van der Waals surface area contributed by atoms with E-state index in [0.29, 0.717) is 11.6 Å². The van der Waals surface area contributed by atoms with Gasteiger partial charge < -0.3 is 10.8 Å². The zero-order valence-electron chi connectivity index (χ0n) is 6.33. The number of nitrogens with two attached hydrogens (primary N) is 1. The van der Waals surface area contributed by atoms with E-state index in [1.165, 1.54) is 0 Å². The van der Waals surface area contributed by atoms with Crippen LogP contribution in [0.25, 0.3) is 0 Å². The molecule has 0 saturated heterocycles. The van der Waals surface area contributed by atoms with Crippen molar-refractivity contribution in [3.05, 3.63) is 16.7 Å². The predicted octanol–water partition coefficient (Wildman–Crippen LogP) is 1.51. The first-order valence-electron chi connectivity index (χ1n) is 3.38. The van der Waals surface area contributed by atoms with Crippen LogP contribution in [0.15, 0.2) is 21.6 Å². The average Bonchev–Trinajstić information content (AvgIpc) is 2.07. The van der Waals surface area contributed by atoms with Crippen molar-refractivity contribution >= 4 is 33.5 Å². The number of rotatable bonds is 3. The minimum absolute atomic E-state index is 0.166. The number of nitrogen functional groups attached to an aromatic ring is 1. The maximum absolute atomic E-state index is 8.60. The van der Waals surface area contributed by atoms with Gasteiger partial charge in [-0.1, -0.05) is 0 Å². The number of thioether (sulfide) groups is 1. The zero-order valence-corrected chi connectivity index (χ0v) is 8.73. The summed E-state index contributed by atoms with van der Waals surface area (Å²) < 4.78 is 0.912. The highest BCUT2D eigenvalue weighted by atomic mass is 79.9. The number of hydrogen-bond acceptors (Lipinski definition) is 4. The standard InChI is InChI=1S/C7H9BrN2OS/c8-5-4-10-7(9)3-6(5)12-2-1-11/h3-4,11H,1-2H2,(H2,9,10). The largest absolute Gasteiger partial charge is 0.396 e. The summed E-state index contributed by atoms with van der Waals surface area (Å²) >= 11 is 4.88. The second-order valence-electron chi connectivity index (χ2n) is 2.11. The summed E-state index contributed by atoms with van der Waals surface area (Å²) in [5, 5.41) is 8.60. The Labute approximate surface area is 83.5 Å². The summed E-state index contributed by atoms with van der Waals surface area (Å²) in [6.45, 7) is 0.166. The second kappa shape index (κ2) is 4.69. The molecule has 5 heteroatoms. The van der Waals surface area contributed by atoms with Gasteiger partial charge in [-0.05, 0) is 22.0 Å². The van der Waals surface area contributed by atoms with Gasteiger partial charge in [0.2, 0.25) is 0 Å². The molecule has 0 aliphatic carbocycles. The lowest BCUT2D eigenvalue weighted by Gasteiger charge is -2.02. The lowest BCUT2D eigenvalue weighted by Crippen LogP contribution is -1.91. The van der Waals surface area contributed by atoms with Crippen LogP contribution in [0.2, 0.25) is 0 Å². The number of aliphatic hydroxyl groups is 1. The molecule has 3 N–H and O–H groups in total. The highest BCUT2D eigenvalue weighted by Gasteiger charge is 2.00. The topological polar surface area (TPSA) is 59.1 Å². The third-order valence-electron chi connectivity index (χ3n) is 1.19. The van der Waals surface area contributed by atoms with E-state index in [4.69, 9.17) is 10.8 Å². The fourth-order valence-electron chi connectivity index (χ4n) is 0.702. The molecule has 0 radical (unpaired) electrons. The molecule has 1 aromatic heterocycles. The van der Waals surface area contributed by atoms with Crippen molar-refractivity contribution in [2.24, 2.45) is 0 Å². The normalized spacial score (nSPS) is 10.2. The fourth-order valence-corrected chi connectivity index (χ4v) is 1.97. The van der Waals surface area contributed by atoms with Gasteiger partial charge in [0.05, 0.1) is 6.61 Å². The second-order valence-corrected chi connectivity index (χ2v) is 4.10. The van der Waals surface area contributed by atoms with Gasteiger partial charge in [-0.3, -0.25) is 0 Å². The van der Waals surface area contributed by atoms with E-state index in [0.717, 1.165) is 9.37 Å². The summed E-state index contributed by atoms with van der Waals surface area (Å²) in [4.78, 5) is 4.91. The van der Waals surface area contributed by atoms with Gasteiger partial charge in [-0.25, -0.2) is 4.98 Å². The highest BCUT2D eigenvalue weighted by molar-refractivity contribution is 9.10. The first kappa shape index (κ1) is 9.83. The van der Waals surface area contributed by atoms with Crippen LogP contribution in [-0.2, 0) is 0 Å². The van der Waals surface area contributed by atoms with Gasteiger partial charge in [0.25, 0.3) is 0 Å². The number of halogens is 1. The molecule has 12 heavy (non-hydrogen) atoms. The summed E-state index contributed by atoms with van der Waals surface area (Å²) in [5.41, 5.74) is 5.49. The quantitative estimate of drug-likeness (QED) is 0.797. The molecule has 66 valence electrons. The molecule has 0 fully saturated rings. The van der Waals surface area contributed by atoms with E-state index in [-0.39, 0.29) is 6.61 Å². The monoisotopic (exact) mass is 248 g/mol. The lowest BCUT2D eigenvalue weighted by molar-refractivity contribution is 0.322. The van der Waals surface area contributed by atoms with Gasteiger partial charge >= 0.3 is 0 Å². The van der Waals surface area contributed by atoms with Crippen molar-refractivity contribution in [1.82, 2.24) is 4.98 Å². The summed E-state index contributed by atoms with van der Waals surface area (Å²) in [5.74, 6) is 1.17. The minimum Gasteiger partial charge on any atom is -0.396 e. The molecule has 1 heterocycles. The third-order valence-corrected chi connectivity index (χ3v) is 3.12. The Kier molecular flexibility index (Phi) is 3.84. The minimum atomic E-state index is 0.166. The fraction of sp³-hybridized carbons (Fsp3) is 0.286. The maximum atomic E-state index is 8.60. The highest BCUT2D eigenvalue weighted by Crippen LogP contribution is 2.27. The van der Waals surface area contributed by atoms with E-state index in [1.807, 2.05) is 0 Å². The molecule has 0 bridgehead atoms. The Balaban J connectivity index is 2.75. The molecule has 1 rings (SSSR count). The van der Waals surface area contributed by atoms with Crippen molar-refractivity contribution in [1.29, 1.82) is 0 Å². The Hall–Kier alpha value is -0.260. The SMILES string of the molecule is Nc1cc(SCCO)c(Br)cn1. The van der Waals surface area contributed by atoms with Crippen molar-refractivity contribution in [2.75, 3.05) is 18.1 Å². The molecule has 0 aromatic carbocycles. The molecule has 0 amide bonds. The van der Waals surface area contributed by atoms with Crippen molar-refractivity contribution in [2.45, 2.75) is 4.90 Å². The Morgan fingerprint density at radius 3 is 3.08 bits per heavy atom. The molecule has 0 unspecified atom stereocenters. The zero-order chi connectivity index (χ0) is 8.97. The Morgan fingerprint density at radius 2 is 2.42 bits per heavy atom. The number of anilines is 1. The average molecular weight is 249 g/mol. The van der Waals surface area contributed by atoms with Crippen LogP contribution in [0.4, 0.5) is 5.82 Å². The van der Waals surface area contributed by atoms with Crippen LogP contribution in [0.1, 0.15) is 0 Å². The number of nitrogens with zero attached hydrogens (tertiary/aromatic N) is 1. The predicted molar refractivity (Wildman–Crippen MR) is 54.2 cm³/mol. The summed E-state index contributed by atoms with van der Waals surface area (Å²) in [6, 6.07) is 1.78. The molecule has 0 saturated carbocycles. The van der Waals surface area contributed by atoms with Crippen LogP contribution in [0.3, 0.4) is 0 Å². The van der Waals surface area contributed by atoms with E-state index < -0.39 is 0 Å². The smallest absolute Gasteiger partial charge is 0.124 e. The Morgan fingerprint density at radius 1 is 1.67 bits per heavy atom. The number of aliphatic hydroxyl groups excluding tert-OH is 1. The van der Waals surface area contributed by atoms with Crippen LogP contribution in [-0.4, -0.2) is 22.5 Å². The van der Waals surface area contributed by atoms with Gasteiger partial charge in [-0.15, -0.1) is 11.8 Å². The van der Waals surface area contributed by atoms with Crippen LogP contribution >= 0.6 is 27.7 Å². The lowest BCUT2D eigenvalue weighted by atomic mass is 10.5.